The first kappa shape index (κ1) is 19.6. The number of benzene rings is 2. The van der Waals surface area contributed by atoms with Gasteiger partial charge in [-0.3, -0.25) is 4.79 Å². The summed E-state index contributed by atoms with van der Waals surface area (Å²) in [5.41, 5.74) is 0.656. The summed E-state index contributed by atoms with van der Waals surface area (Å²) in [6.45, 7) is -0.150. The van der Waals surface area contributed by atoms with Gasteiger partial charge in [0, 0.05) is 12.4 Å². The van der Waals surface area contributed by atoms with Crippen LogP contribution in [0.15, 0.2) is 47.4 Å². The van der Waals surface area contributed by atoms with Crippen LogP contribution < -0.4 is 24.6 Å². The van der Waals surface area contributed by atoms with Crippen molar-refractivity contribution >= 4 is 27.6 Å². The van der Waals surface area contributed by atoms with E-state index in [2.05, 4.69) is 10.0 Å². The lowest BCUT2D eigenvalue weighted by molar-refractivity contribution is -0.306. The van der Waals surface area contributed by atoms with Crippen LogP contribution in [0.1, 0.15) is 18.0 Å². The summed E-state index contributed by atoms with van der Waals surface area (Å²) in [5, 5.41) is 13.6. The van der Waals surface area contributed by atoms with E-state index in [-0.39, 0.29) is 17.2 Å². The van der Waals surface area contributed by atoms with E-state index in [1.165, 1.54) is 25.3 Å². The highest BCUT2D eigenvalue weighted by Gasteiger charge is 2.24. The first-order valence-electron chi connectivity index (χ1n) is 8.21. The molecule has 0 saturated carbocycles. The SMILES string of the molecule is COc1ccc([C@@H](CC(=O)[O-])NS(=O)(=O)c2ccc3c(c2)NC(=O)CO3)cc1. The van der Waals surface area contributed by atoms with Crippen molar-refractivity contribution < 1.29 is 32.6 Å². The van der Waals surface area contributed by atoms with Gasteiger partial charge in [0.05, 0.1) is 23.7 Å². The summed E-state index contributed by atoms with van der Waals surface area (Å²) in [4.78, 5) is 22.4. The number of nitrogens with one attached hydrogen (secondary N) is 2. The van der Waals surface area contributed by atoms with Gasteiger partial charge < -0.3 is 24.7 Å². The maximum atomic E-state index is 12.8. The Morgan fingerprint density at radius 2 is 2.00 bits per heavy atom. The summed E-state index contributed by atoms with van der Waals surface area (Å²) in [6, 6.07) is 9.25. The number of carbonyl (C=O) groups is 2. The lowest BCUT2D eigenvalue weighted by atomic mass is 10.0. The molecular weight excluding hydrogens is 388 g/mol. The predicted molar refractivity (Wildman–Crippen MR) is 96.2 cm³/mol. The molecule has 1 aliphatic heterocycles. The molecule has 2 aromatic rings. The lowest BCUT2D eigenvalue weighted by Crippen LogP contribution is -2.34. The van der Waals surface area contributed by atoms with Crippen LogP contribution in [0.5, 0.6) is 11.5 Å². The predicted octanol–water partition coefficient (Wildman–Crippen LogP) is 0.186. The summed E-state index contributed by atoms with van der Waals surface area (Å²) in [5.74, 6) is -0.915. The van der Waals surface area contributed by atoms with Crippen molar-refractivity contribution in [2.75, 3.05) is 19.0 Å². The summed E-state index contributed by atoms with van der Waals surface area (Å²) in [7, 11) is -2.62. The Bertz CT molecular complexity index is 1000. The van der Waals surface area contributed by atoms with Crippen LogP contribution in [0.3, 0.4) is 0 Å². The first-order chi connectivity index (χ1) is 13.3. The molecule has 1 amide bonds. The second-order valence-electron chi connectivity index (χ2n) is 6.02. The van der Waals surface area contributed by atoms with Gasteiger partial charge in [-0.2, -0.15) is 0 Å². The van der Waals surface area contributed by atoms with Crippen LogP contribution in [0.2, 0.25) is 0 Å². The molecule has 2 N–H and O–H groups in total. The molecule has 9 nitrogen and oxygen atoms in total. The third-order valence-electron chi connectivity index (χ3n) is 4.08. The van der Waals surface area contributed by atoms with Crippen molar-refractivity contribution in [3.05, 3.63) is 48.0 Å². The summed E-state index contributed by atoms with van der Waals surface area (Å²) >= 11 is 0. The fraction of sp³-hybridized carbons (Fsp3) is 0.222. The number of aliphatic carboxylic acids is 1. The zero-order chi connectivity index (χ0) is 20.3. The molecule has 0 saturated heterocycles. The number of sulfonamides is 1. The number of anilines is 1. The van der Waals surface area contributed by atoms with Crippen molar-refractivity contribution in [3.63, 3.8) is 0 Å². The maximum Gasteiger partial charge on any atom is 0.262 e. The Morgan fingerprint density at radius 1 is 1.29 bits per heavy atom. The molecule has 1 aliphatic rings. The third kappa shape index (κ3) is 4.41. The van der Waals surface area contributed by atoms with Crippen LogP contribution in [0.4, 0.5) is 5.69 Å². The highest BCUT2D eigenvalue weighted by molar-refractivity contribution is 7.89. The van der Waals surface area contributed by atoms with Crippen LogP contribution in [-0.2, 0) is 19.6 Å². The molecule has 0 bridgehead atoms. The van der Waals surface area contributed by atoms with Crippen LogP contribution >= 0.6 is 0 Å². The molecule has 10 heteroatoms. The largest absolute Gasteiger partial charge is 0.550 e. The molecule has 28 heavy (non-hydrogen) atoms. The maximum absolute atomic E-state index is 12.8. The van der Waals surface area contributed by atoms with E-state index in [4.69, 9.17) is 9.47 Å². The van der Waals surface area contributed by atoms with E-state index in [0.29, 0.717) is 17.1 Å². The van der Waals surface area contributed by atoms with E-state index in [1.54, 1.807) is 24.3 Å². The fourth-order valence-electron chi connectivity index (χ4n) is 2.72. The zero-order valence-corrected chi connectivity index (χ0v) is 15.6. The van der Waals surface area contributed by atoms with E-state index < -0.39 is 34.4 Å². The molecule has 2 aromatic carbocycles. The van der Waals surface area contributed by atoms with Gasteiger partial charge in [-0.25, -0.2) is 13.1 Å². The standard InChI is InChI=1S/C18H18N2O7S/c1-26-12-4-2-11(3-5-12)14(9-18(22)23)20-28(24,25)13-6-7-16-15(8-13)19-17(21)10-27-16/h2-8,14,20H,9-10H2,1H3,(H,19,21)(H,22,23)/p-1/t14-/m1/s1. The molecule has 0 fully saturated rings. The molecular formula is C18H17N2O7S-. The van der Waals surface area contributed by atoms with Gasteiger partial charge in [0.15, 0.2) is 6.61 Å². The number of hydrogen-bond acceptors (Lipinski definition) is 7. The van der Waals surface area contributed by atoms with E-state index >= 15 is 0 Å². The lowest BCUT2D eigenvalue weighted by Gasteiger charge is -2.22. The van der Waals surface area contributed by atoms with Crippen molar-refractivity contribution in [2.45, 2.75) is 17.4 Å². The average molecular weight is 405 g/mol. The van der Waals surface area contributed by atoms with Gasteiger partial charge in [-0.1, -0.05) is 12.1 Å². The monoisotopic (exact) mass is 405 g/mol. The van der Waals surface area contributed by atoms with Crippen molar-refractivity contribution in [3.8, 4) is 11.5 Å². The number of hydrogen-bond donors (Lipinski definition) is 2. The minimum absolute atomic E-state index is 0.145. The Morgan fingerprint density at radius 3 is 2.64 bits per heavy atom. The first-order valence-corrected chi connectivity index (χ1v) is 9.69. The number of carboxylic acids is 1. The number of carboxylic acid groups (broad SMARTS) is 1. The average Bonchev–Trinajstić information content (AvgIpc) is 2.66. The highest BCUT2D eigenvalue weighted by Crippen LogP contribution is 2.31. The molecule has 1 heterocycles. The zero-order valence-electron chi connectivity index (χ0n) is 14.8. The van der Waals surface area contributed by atoms with Crippen LogP contribution in [-0.4, -0.2) is 34.0 Å². The van der Waals surface area contributed by atoms with Gasteiger partial charge in [-0.15, -0.1) is 0 Å². The third-order valence-corrected chi connectivity index (χ3v) is 5.55. The molecule has 0 unspecified atom stereocenters. The Hall–Kier alpha value is -3.11. The molecule has 0 aliphatic carbocycles. The molecule has 148 valence electrons. The van der Waals surface area contributed by atoms with Crippen molar-refractivity contribution in [1.82, 2.24) is 4.72 Å². The number of carbonyl (C=O) groups excluding carboxylic acids is 2. The Kier molecular flexibility index (Phi) is 5.52. The number of methoxy groups -OCH3 is 1. The highest BCUT2D eigenvalue weighted by atomic mass is 32.2. The molecule has 0 radical (unpaired) electrons. The smallest absolute Gasteiger partial charge is 0.262 e. The second kappa shape index (κ2) is 7.87. The van der Waals surface area contributed by atoms with Crippen molar-refractivity contribution in [1.29, 1.82) is 0 Å². The molecule has 0 spiro atoms. The fourth-order valence-corrected chi connectivity index (χ4v) is 3.97. The second-order valence-corrected chi connectivity index (χ2v) is 7.73. The minimum Gasteiger partial charge on any atom is -0.550 e. The van der Waals surface area contributed by atoms with Gasteiger partial charge in [0.25, 0.3) is 5.91 Å². The van der Waals surface area contributed by atoms with Crippen LogP contribution in [0, 0.1) is 0 Å². The minimum atomic E-state index is -4.10. The van der Waals surface area contributed by atoms with Crippen LogP contribution in [0.25, 0.3) is 0 Å². The molecule has 1 atom stereocenters. The number of amides is 1. The van der Waals surface area contributed by atoms with Gasteiger partial charge in [0.2, 0.25) is 10.0 Å². The van der Waals surface area contributed by atoms with E-state index in [9.17, 15) is 23.1 Å². The Labute approximate surface area is 161 Å². The summed E-state index contributed by atoms with van der Waals surface area (Å²) < 4.78 is 38.2. The molecule has 3 rings (SSSR count). The Balaban J connectivity index is 1.89. The van der Waals surface area contributed by atoms with Crippen molar-refractivity contribution in [2.24, 2.45) is 0 Å². The van der Waals surface area contributed by atoms with E-state index in [1.807, 2.05) is 0 Å². The van der Waals surface area contributed by atoms with E-state index in [0.717, 1.165) is 0 Å². The number of rotatable bonds is 7. The number of ether oxygens (including phenoxy) is 2. The normalized spacial score (nSPS) is 14.4. The summed E-state index contributed by atoms with van der Waals surface area (Å²) in [6.07, 6.45) is -0.559. The van der Waals surface area contributed by atoms with Gasteiger partial charge in [0.1, 0.15) is 11.5 Å². The van der Waals surface area contributed by atoms with Gasteiger partial charge in [-0.05, 0) is 35.9 Å². The number of fused-ring (bicyclic) bond motifs is 1. The van der Waals surface area contributed by atoms with Gasteiger partial charge >= 0.3 is 0 Å². The molecule has 0 aromatic heterocycles. The quantitative estimate of drug-likeness (QED) is 0.671. The topological polar surface area (TPSA) is 134 Å².